The minimum atomic E-state index is 0.419. The van der Waals surface area contributed by atoms with E-state index in [4.69, 9.17) is 11.6 Å². The maximum absolute atomic E-state index is 5.98. The molecule has 0 radical (unpaired) electrons. The molecule has 3 heteroatoms. The molecule has 1 aliphatic rings. The Bertz CT molecular complexity index is 355. The SMILES string of the molecule is CCC1(CNC(C)c2csc(Cl)c2)CCCC1. The molecule has 1 fully saturated rings. The maximum atomic E-state index is 5.98. The van der Waals surface area contributed by atoms with Crippen LogP contribution in [0.1, 0.15) is 57.6 Å². The second-order valence-electron chi connectivity index (χ2n) is 5.35. The van der Waals surface area contributed by atoms with Crippen LogP contribution >= 0.6 is 22.9 Å². The van der Waals surface area contributed by atoms with Gasteiger partial charge in [0.25, 0.3) is 0 Å². The van der Waals surface area contributed by atoms with Gasteiger partial charge < -0.3 is 5.32 Å². The van der Waals surface area contributed by atoms with Crippen LogP contribution in [-0.2, 0) is 0 Å². The van der Waals surface area contributed by atoms with E-state index in [2.05, 4.69) is 30.6 Å². The lowest BCUT2D eigenvalue weighted by atomic mass is 9.83. The first-order chi connectivity index (χ1) is 8.15. The lowest BCUT2D eigenvalue weighted by Crippen LogP contribution is -2.33. The van der Waals surface area contributed by atoms with Crippen molar-refractivity contribution < 1.29 is 0 Å². The fourth-order valence-corrected chi connectivity index (χ4v) is 3.80. The molecule has 0 bridgehead atoms. The summed E-state index contributed by atoms with van der Waals surface area (Å²) in [5, 5.41) is 5.85. The molecule has 1 saturated carbocycles. The molecule has 1 aromatic heterocycles. The predicted octanol–water partition coefficient (Wildman–Crippen LogP) is 5.02. The molecule has 1 aliphatic carbocycles. The van der Waals surface area contributed by atoms with E-state index in [-0.39, 0.29) is 0 Å². The summed E-state index contributed by atoms with van der Waals surface area (Å²) >= 11 is 7.60. The molecular formula is C14H22ClNS. The number of rotatable bonds is 5. The number of nitrogens with one attached hydrogen (secondary N) is 1. The first kappa shape index (κ1) is 13.4. The van der Waals surface area contributed by atoms with E-state index in [1.165, 1.54) is 37.7 Å². The molecular weight excluding hydrogens is 250 g/mol. The summed E-state index contributed by atoms with van der Waals surface area (Å²) in [6, 6.07) is 2.50. The monoisotopic (exact) mass is 271 g/mol. The van der Waals surface area contributed by atoms with Crippen LogP contribution in [0.2, 0.25) is 4.34 Å². The Hall–Kier alpha value is -0.0500. The van der Waals surface area contributed by atoms with Crippen molar-refractivity contribution in [3.63, 3.8) is 0 Å². The van der Waals surface area contributed by atoms with Crippen molar-refractivity contribution in [2.45, 2.75) is 52.0 Å². The van der Waals surface area contributed by atoms with E-state index in [9.17, 15) is 0 Å². The summed E-state index contributed by atoms with van der Waals surface area (Å²) in [5.41, 5.74) is 1.89. The molecule has 0 amide bonds. The standard InChI is InChI=1S/C14H22ClNS/c1-3-14(6-4-5-7-14)10-16-11(2)12-8-13(15)17-9-12/h8-9,11,16H,3-7,10H2,1-2H3. The normalized spacial score (nSPS) is 20.6. The Labute approximate surface area is 114 Å². The van der Waals surface area contributed by atoms with Crippen molar-refractivity contribution in [1.29, 1.82) is 0 Å². The van der Waals surface area contributed by atoms with Gasteiger partial charge in [-0.15, -0.1) is 11.3 Å². The van der Waals surface area contributed by atoms with E-state index in [1.54, 1.807) is 11.3 Å². The third-order valence-corrected chi connectivity index (χ3v) is 5.39. The number of hydrogen-bond acceptors (Lipinski definition) is 2. The molecule has 1 aromatic rings. The van der Waals surface area contributed by atoms with Crippen LogP contribution < -0.4 is 5.32 Å². The third-order valence-electron chi connectivity index (χ3n) is 4.29. The van der Waals surface area contributed by atoms with Crippen molar-refractivity contribution in [1.82, 2.24) is 5.32 Å². The summed E-state index contributed by atoms with van der Waals surface area (Å²) < 4.78 is 0.889. The first-order valence-electron chi connectivity index (χ1n) is 6.62. The number of halogens is 1. The lowest BCUT2D eigenvalue weighted by molar-refractivity contribution is 0.259. The predicted molar refractivity (Wildman–Crippen MR) is 76.9 cm³/mol. The fraction of sp³-hybridized carbons (Fsp3) is 0.714. The smallest absolute Gasteiger partial charge is 0.0931 e. The number of thiophene rings is 1. The summed E-state index contributed by atoms with van der Waals surface area (Å²) in [6.45, 7) is 5.72. The highest BCUT2D eigenvalue weighted by Gasteiger charge is 2.31. The van der Waals surface area contributed by atoms with E-state index in [1.807, 2.05) is 0 Å². The van der Waals surface area contributed by atoms with Crippen LogP contribution in [0.15, 0.2) is 11.4 Å². The van der Waals surface area contributed by atoms with E-state index >= 15 is 0 Å². The van der Waals surface area contributed by atoms with Gasteiger partial charge in [-0.1, -0.05) is 31.4 Å². The summed E-state index contributed by atoms with van der Waals surface area (Å²) in [4.78, 5) is 0. The van der Waals surface area contributed by atoms with Crippen molar-refractivity contribution in [3.8, 4) is 0 Å². The average molecular weight is 272 g/mol. The van der Waals surface area contributed by atoms with Gasteiger partial charge in [-0.25, -0.2) is 0 Å². The van der Waals surface area contributed by atoms with Crippen LogP contribution in [-0.4, -0.2) is 6.54 Å². The van der Waals surface area contributed by atoms with Crippen LogP contribution in [0.3, 0.4) is 0 Å². The Kier molecular flexibility index (Phi) is 4.51. The molecule has 1 unspecified atom stereocenters. The maximum Gasteiger partial charge on any atom is 0.0931 e. The molecule has 1 heterocycles. The Balaban J connectivity index is 1.89. The highest BCUT2D eigenvalue weighted by atomic mass is 35.5. The van der Waals surface area contributed by atoms with E-state index < -0.39 is 0 Å². The quantitative estimate of drug-likeness (QED) is 0.793. The van der Waals surface area contributed by atoms with Gasteiger partial charge in [0.2, 0.25) is 0 Å². The van der Waals surface area contributed by atoms with Gasteiger partial charge in [0, 0.05) is 12.6 Å². The molecule has 0 aromatic carbocycles. The second kappa shape index (κ2) is 5.73. The van der Waals surface area contributed by atoms with E-state index in [0.29, 0.717) is 11.5 Å². The van der Waals surface area contributed by atoms with Crippen LogP contribution in [0.5, 0.6) is 0 Å². The van der Waals surface area contributed by atoms with Crippen LogP contribution in [0.4, 0.5) is 0 Å². The van der Waals surface area contributed by atoms with Gasteiger partial charge in [0.1, 0.15) is 0 Å². The molecule has 0 saturated heterocycles. The largest absolute Gasteiger partial charge is 0.310 e. The Morgan fingerprint density at radius 2 is 2.18 bits per heavy atom. The molecule has 1 atom stereocenters. The van der Waals surface area contributed by atoms with Crippen LogP contribution in [0.25, 0.3) is 0 Å². The van der Waals surface area contributed by atoms with Crippen molar-refractivity contribution in [2.24, 2.45) is 5.41 Å². The number of hydrogen-bond donors (Lipinski definition) is 1. The molecule has 0 aliphatic heterocycles. The van der Waals surface area contributed by atoms with Crippen molar-refractivity contribution in [3.05, 3.63) is 21.3 Å². The molecule has 96 valence electrons. The fourth-order valence-electron chi connectivity index (χ4n) is 2.82. The van der Waals surface area contributed by atoms with Crippen molar-refractivity contribution >= 4 is 22.9 Å². The van der Waals surface area contributed by atoms with Gasteiger partial charge in [-0.05, 0) is 48.6 Å². The van der Waals surface area contributed by atoms with Crippen LogP contribution in [0, 0.1) is 5.41 Å². The highest BCUT2D eigenvalue weighted by Crippen LogP contribution is 2.40. The first-order valence-corrected chi connectivity index (χ1v) is 7.88. The zero-order chi connectivity index (χ0) is 12.3. The molecule has 1 N–H and O–H groups in total. The van der Waals surface area contributed by atoms with Gasteiger partial charge in [-0.3, -0.25) is 0 Å². The molecule has 17 heavy (non-hydrogen) atoms. The Morgan fingerprint density at radius 3 is 2.71 bits per heavy atom. The molecule has 1 nitrogen and oxygen atoms in total. The van der Waals surface area contributed by atoms with Gasteiger partial charge in [-0.2, -0.15) is 0 Å². The molecule has 0 spiro atoms. The van der Waals surface area contributed by atoms with Gasteiger partial charge in [0.15, 0.2) is 0 Å². The zero-order valence-electron chi connectivity index (χ0n) is 10.8. The summed E-state index contributed by atoms with van der Waals surface area (Å²) in [5.74, 6) is 0. The topological polar surface area (TPSA) is 12.0 Å². The zero-order valence-corrected chi connectivity index (χ0v) is 12.3. The minimum Gasteiger partial charge on any atom is -0.310 e. The second-order valence-corrected chi connectivity index (χ2v) is 6.89. The van der Waals surface area contributed by atoms with Crippen molar-refractivity contribution in [2.75, 3.05) is 6.54 Å². The third kappa shape index (κ3) is 3.24. The highest BCUT2D eigenvalue weighted by molar-refractivity contribution is 7.14. The average Bonchev–Trinajstić information content (AvgIpc) is 2.95. The summed E-state index contributed by atoms with van der Waals surface area (Å²) in [7, 11) is 0. The van der Waals surface area contributed by atoms with Gasteiger partial charge in [0.05, 0.1) is 4.34 Å². The molecule has 2 rings (SSSR count). The van der Waals surface area contributed by atoms with E-state index in [0.717, 1.165) is 10.9 Å². The lowest BCUT2D eigenvalue weighted by Gasteiger charge is -2.29. The van der Waals surface area contributed by atoms with Gasteiger partial charge >= 0.3 is 0 Å². The minimum absolute atomic E-state index is 0.419. The summed E-state index contributed by atoms with van der Waals surface area (Å²) in [6.07, 6.45) is 6.92. The Morgan fingerprint density at radius 1 is 1.47 bits per heavy atom.